The fourth-order valence-electron chi connectivity index (χ4n) is 5.13. The molecule has 3 heteroatoms. The molecular weight excluding hydrogens is 422 g/mol. The van der Waals surface area contributed by atoms with Gasteiger partial charge in [-0.1, -0.05) is 98.8 Å². The molecule has 0 aliphatic heterocycles. The number of halogens is 3. The van der Waals surface area contributed by atoms with E-state index in [-0.39, 0.29) is 0 Å². The quantitative estimate of drug-likeness (QED) is 0.313. The Labute approximate surface area is 195 Å². The van der Waals surface area contributed by atoms with E-state index in [2.05, 4.69) is 49.4 Å². The van der Waals surface area contributed by atoms with Gasteiger partial charge in [-0.25, -0.2) is 8.78 Å². The molecule has 0 bridgehead atoms. The maximum Gasteiger partial charge on any atom is 0.145 e. The standard InChI is InChI=1S/C29H31ClF2/c1-20(24-5-3-2-4-6-24)17-23-11-9-21(10-12-23)7-8-22-13-15-25(16-14-22)26-18-27(31)29(30)28(32)19-26/h2-6,13-16,18-21,23H,7-12,17H2,1H3/t20-,21?,23?/m1/s1. The number of hydrogen-bond donors (Lipinski definition) is 0. The van der Waals surface area contributed by atoms with Gasteiger partial charge in [0.25, 0.3) is 0 Å². The van der Waals surface area contributed by atoms with E-state index in [1.807, 2.05) is 12.1 Å². The van der Waals surface area contributed by atoms with Gasteiger partial charge in [-0.3, -0.25) is 0 Å². The topological polar surface area (TPSA) is 0 Å². The zero-order chi connectivity index (χ0) is 22.5. The second-order valence-electron chi connectivity index (χ2n) is 9.42. The highest BCUT2D eigenvalue weighted by Crippen LogP contribution is 2.37. The molecule has 3 aromatic carbocycles. The first-order chi connectivity index (χ1) is 15.5. The Bertz CT molecular complexity index is 982. The summed E-state index contributed by atoms with van der Waals surface area (Å²) in [6.45, 7) is 2.36. The van der Waals surface area contributed by atoms with Crippen molar-refractivity contribution in [2.24, 2.45) is 11.8 Å². The van der Waals surface area contributed by atoms with Gasteiger partial charge in [-0.05, 0) is 71.4 Å². The average molecular weight is 453 g/mol. The summed E-state index contributed by atoms with van der Waals surface area (Å²) in [7, 11) is 0. The number of aryl methyl sites for hydroxylation is 1. The smallest absolute Gasteiger partial charge is 0.145 e. The van der Waals surface area contributed by atoms with Crippen molar-refractivity contribution < 1.29 is 8.78 Å². The van der Waals surface area contributed by atoms with E-state index in [4.69, 9.17) is 11.6 Å². The van der Waals surface area contributed by atoms with Gasteiger partial charge in [0.05, 0.1) is 0 Å². The van der Waals surface area contributed by atoms with Crippen LogP contribution >= 0.6 is 11.6 Å². The lowest BCUT2D eigenvalue weighted by Crippen LogP contribution is -2.16. The van der Waals surface area contributed by atoms with Gasteiger partial charge in [-0.2, -0.15) is 0 Å². The van der Waals surface area contributed by atoms with E-state index in [9.17, 15) is 8.78 Å². The molecule has 0 radical (unpaired) electrons. The lowest BCUT2D eigenvalue weighted by atomic mass is 9.75. The number of rotatable bonds is 7. The average Bonchev–Trinajstić information content (AvgIpc) is 2.82. The van der Waals surface area contributed by atoms with Gasteiger partial charge in [0, 0.05) is 0 Å². The Morgan fingerprint density at radius 3 is 2.03 bits per heavy atom. The maximum absolute atomic E-state index is 13.7. The molecule has 168 valence electrons. The zero-order valence-electron chi connectivity index (χ0n) is 18.7. The Kier molecular flexibility index (Phi) is 7.63. The molecule has 32 heavy (non-hydrogen) atoms. The highest BCUT2D eigenvalue weighted by atomic mass is 35.5. The monoisotopic (exact) mass is 452 g/mol. The molecule has 0 aromatic heterocycles. The first-order valence-electron chi connectivity index (χ1n) is 11.8. The van der Waals surface area contributed by atoms with Crippen molar-refractivity contribution in [2.45, 2.75) is 57.8 Å². The third-order valence-corrected chi connectivity index (χ3v) is 7.50. The van der Waals surface area contributed by atoms with E-state index in [1.54, 1.807) is 0 Å². The molecule has 4 rings (SSSR count). The molecule has 0 saturated heterocycles. The van der Waals surface area contributed by atoms with Crippen LogP contribution in [0, 0.1) is 23.5 Å². The van der Waals surface area contributed by atoms with Gasteiger partial charge in [0.15, 0.2) is 0 Å². The molecule has 1 atom stereocenters. The van der Waals surface area contributed by atoms with Crippen LogP contribution < -0.4 is 0 Å². The fraction of sp³-hybridized carbons (Fsp3) is 0.379. The minimum Gasteiger partial charge on any atom is -0.205 e. The molecule has 0 N–H and O–H groups in total. The van der Waals surface area contributed by atoms with E-state index >= 15 is 0 Å². The summed E-state index contributed by atoms with van der Waals surface area (Å²) in [6, 6.07) is 21.5. The van der Waals surface area contributed by atoms with Crippen molar-refractivity contribution in [1.29, 1.82) is 0 Å². The SMILES string of the molecule is C[C@H](CC1CCC(CCc2ccc(-c3cc(F)c(Cl)c(F)c3)cc2)CC1)c1ccccc1. The van der Waals surface area contributed by atoms with Crippen LogP contribution in [0.1, 0.15) is 62.5 Å². The Balaban J connectivity index is 1.24. The molecule has 0 unspecified atom stereocenters. The van der Waals surface area contributed by atoms with Crippen LogP contribution in [0.5, 0.6) is 0 Å². The molecule has 1 aliphatic carbocycles. The Hall–Kier alpha value is -2.19. The van der Waals surface area contributed by atoms with Crippen LogP contribution in [-0.4, -0.2) is 0 Å². The summed E-state index contributed by atoms with van der Waals surface area (Å²) in [5.41, 5.74) is 4.06. The Morgan fingerprint density at radius 2 is 1.41 bits per heavy atom. The molecule has 0 heterocycles. The zero-order valence-corrected chi connectivity index (χ0v) is 19.4. The van der Waals surface area contributed by atoms with Crippen LogP contribution in [0.4, 0.5) is 8.78 Å². The largest absolute Gasteiger partial charge is 0.205 e. The molecule has 1 aliphatic rings. The molecular formula is C29H31ClF2. The normalized spacial score (nSPS) is 19.6. The highest BCUT2D eigenvalue weighted by molar-refractivity contribution is 6.31. The number of hydrogen-bond acceptors (Lipinski definition) is 0. The first kappa shape index (κ1) is 23.0. The van der Waals surface area contributed by atoms with Gasteiger partial charge in [0.1, 0.15) is 16.7 Å². The summed E-state index contributed by atoms with van der Waals surface area (Å²) in [5.74, 6) is 0.844. The molecule has 1 saturated carbocycles. The van der Waals surface area contributed by atoms with Crippen molar-refractivity contribution in [3.8, 4) is 11.1 Å². The van der Waals surface area contributed by atoms with E-state index < -0.39 is 16.7 Å². The molecule has 1 fully saturated rings. The van der Waals surface area contributed by atoms with Crippen molar-refractivity contribution in [3.63, 3.8) is 0 Å². The van der Waals surface area contributed by atoms with Crippen molar-refractivity contribution in [1.82, 2.24) is 0 Å². The van der Waals surface area contributed by atoms with Crippen LogP contribution in [-0.2, 0) is 6.42 Å². The molecule has 0 amide bonds. The first-order valence-corrected chi connectivity index (χ1v) is 12.2. The second-order valence-corrected chi connectivity index (χ2v) is 9.80. The highest BCUT2D eigenvalue weighted by Gasteiger charge is 2.23. The third-order valence-electron chi connectivity index (χ3n) is 7.13. The minimum atomic E-state index is -0.723. The minimum absolute atomic E-state index is 0.449. The van der Waals surface area contributed by atoms with Crippen LogP contribution in [0.25, 0.3) is 11.1 Å². The van der Waals surface area contributed by atoms with Gasteiger partial charge in [-0.15, -0.1) is 0 Å². The van der Waals surface area contributed by atoms with Gasteiger partial charge < -0.3 is 0 Å². The second kappa shape index (κ2) is 10.6. The summed E-state index contributed by atoms with van der Waals surface area (Å²) in [6.07, 6.45) is 8.90. The Morgan fingerprint density at radius 1 is 0.812 bits per heavy atom. The summed E-state index contributed by atoms with van der Waals surface area (Å²) >= 11 is 5.59. The lowest BCUT2D eigenvalue weighted by Gasteiger charge is -2.30. The predicted molar refractivity (Wildman–Crippen MR) is 130 cm³/mol. The van der Waals surface area contributed by atoms with Crippen LogP contribution in [0.3, 0.4) is 0 Å². The summed E-state index contributed by atoms with van der Waals surface area (Å²) in [5, 5.41) is -0.449. The molecule has 0 spiro atoms. The van der Waals surface area contributed by atoms with Crippen LogP contribution in [0.15, 0.2) is 66.7 Å². The summed E-state index contributed by atoms with van der Waals surface area (Å²) < 4.78 is 27.5. The lowest BCUT2D eigenvalue weighted by molar-refractivity contribution is 0.245. The predicted octanol–water partition coefficient (Wildman–Crippen LogP) is 9.22. The summed E-state index contributed by atoms with van der Waals surface area (Å²) in [4.78, 5) is 0. The molecule has 0 nitrogen and oxygen atoms in total. The van der Waals surface area contributed by atoms with Crippen molar-refractivity contribution in [2.75, 3.05) is 0 Å². The molecule has 3 aromatic rings. The third kappa shape index (κ3) is 5.78. The van der Waals surface area contributed by atoms with E-state index in [0.29, 0.717) is 11.5 Å². The van der Waals surface area contributed by atoms with E-state index in [0.717, 1.165) is 23.8 Å². The van der Waals surface area contributed by atoms with Crippen molar-refractivity contribution in [3.05, 3.63) is 94.5 Å². The van der Waals surface area contributed by atoms with E-state index in [1.165, 1.54) is 61.8 Å². The maximum atomic E-state index is 13.7. The van der Waals surface area contributed by atoms with Gasteiger partial charge >= 0.3 is 0 Å². The van der Waals surface area contributed by atoms with Crippen LogP contribution in [0.2, 0.25) is 5.02 Å². The van der Waals surface area contributed by atoms with Gasteiger partial charge in [0.2, 0.25) is 0 Å². The fourth-order valence-corrected chi connectivity index (χ4v) is 5.24. The van der Waals surface area contributed by atoms with Crippen molar-refractivity contribution >= 4 is 11.6 Å². The number of benzene rings is 3.